The third-order valence-electron chi connectivity index (χ3n) is 2.44. The van der Waals surface area contributed by atoms with E-state index in [0.29, 0.717) is 5.75 Å². The van der Waals surface area contributed by atoms with Crippen molar-refractivity contribution < 1.29 is 13.2 Å². The number of benzene rings is 1. The highest BCUT2D eigenvalue weighted by Crippen LogP contribution is 2.16. The van der Waals surface area contributed by atoms with Crippen molar-refractivity contribution in [2.45, 2.75) is 13.8 Å². The first kappa shape index (κ1) is 13.6. The fourth-order valence-electron chi connectivity index (χ4n) is 1.29. The highest BCUT2D eigenvalue weighted by Gasteiger charge is 2.08. The second-order valence-corrected chi connectivity index (χ2v) is 6.07. The Bertz CT molecular complexity index is 524. The predicted octanol–water partition coefficient (Wildman–Crippen LogP) is 1.73. The number of terminal acetylenes is 1. The second-order valence-electron chi connectivity index (χ2n) is 3.89. The number of ether oxygens (including phenoxy) is 1. The zero-order valence-electron chi connectivity index (χ0n) is 10.1. The van der Waals surface area contributed by atoms with Crippen LogP contribution in [0.3, 0.4) is 0 Å². The normalized spacial score (nSPS) is 10.9. The van der Waals surface area contributed by atoms with Crippen molar-refractivity contribution in [2.24, 2.45) is 0 Å². The van der Waals surface area contributed by atoms with Gasteiger partial charge in [-0.05, 0) is 37.1 Å². The van der Waals surface area contributed by atoms with Crippen molar-refractivity contribution in [1.82, 2.24) is 0 Å². The van der Waals surface area contributed by atoms with E-state index in [1.54, 1.807) is 0 Å². The maximum atomic E-state index is 11.3. The largest absolute Gasteiger partial charge is 0.493 e. The van der Waals surface area contributed by atoms with E-state index >= 15 is 0 Å². The maximum Gasteiger partial charge on any atom is 0.164 e. The molecule has 0 bridgehead atoms. The molecule has 0 fully saturated rings. The van der Waals surface area contributed by atoms with Crippen LogP contribution in [0.4, 0.5) is 0 Å². The third kappa shape index (κ3) is 4.49. The summed E-state index contributed by atoms with van der Waals surface area (Å²) >= 11 is 0. The molecule has 1 rings (SSSR count). The summed E-state index contributed by atoms with van der Waals surface area (Å²) in [6.45, 7) is 4.13. The Morgan fingerprint density at radius 1 is 1.29 bits per heavy atom. The van der Waals surface area contributed by atoms with E-state index in [1.807, 2.05) is 32.0 Å². The lowest BCUT2D eigenvalue weighted by atomic mass is 10.1. The topological polar surface area (TPSA) is 43.4 Å². The molecule has 0 heterocycles. The average Bonchev–Trinajstić information content (AvgIpc) is 2.23. The van der Waals surface area contributed by atoms with Crippen LogP contribution in [0.5, 0.6) is 5.75 Å². The molecular formula is C13H16O3S. The van der Waals surface area contributed by atoms with Gasteiger partial charge in [-0.25, -0.2) is 8.42 Å². The molecule has 17 heavy (non-hydrogen) atoms. The van der Waals surface area contributed by atoms with Crippen LogP contribution in [-0.2, 0) is 9.84 Å². The van der Waals surface area contributed by atoms with Crippen LogP contribution >= 0.6 is 0 Å². The van der Waals surface area contributed by atoms with Gasteiger partial charge in [0.1, 0.15) is 18.1 Å². The van der Waals surface area contributed by atoms with Crippen LogP contribution in [-0.4, -0.2) is 26.5 Å². The molecule has 0 spiro atoms. The molecule has 0 N–H and O–H groups in total. The minimum atomic E-state index is -3.18. The Hall–Kier alpha value is -1.47. The van der Waals surface area contributed by atoms with Crippen LogP contribution in [0.2, 0.25) is 0 Å². The summed E-state index contributed by atoms with van der Waals surface area (Å²) in [6, 6.07) is 5.67. The van der Waals surface area contributed by atoms with E-state index in [4.69, 9.17) is 11.2 Å². The molecule has 0 aliphatic carbocycles. The number of hydrogen-bond acceptors (Lipinski definition) is 3. The van der Waals surface area contributed by atoms with Crippen LogP contribution < -0.4 is 4.74 Å². The van der Waals surface area contributed by atoms with E-state index in [9.17, 15) is 8.42 Å². The molecule has 0 atom stereocenters. The van der Waals surface area contributed by atoms with Crippen LogP contribution in [0, 0.1) is 26.2 Å². The standard InChI is InChI=1S/C13H16O3S/c1-4-8-17(14,15)9-7-16-13-6-5-11(2)12(3)10-13/h1,5-6,10H,7-9H2,2-3H3. The smallest absolute Gasteiger partial charge is 0.164 e. The number of rotatable bonds is 5. The summed E-state index contributed by atoms with van der Waals surface area (Å²) in [4.78, 5) is 0. The molecule has 0 radical (unpaired) electrons. The van der Waals surface area contributed by atoms with Crippen molar-refractivity contribution in [3.05, 3.63) is 29.3 Å². The van der Waals surface area contributed by atoms with Crippen molar-refractivity contribution in [2.75, 3.05) is 18.1 Å². The van der Waals surface area contributed by atoms with Crippen molar-refractivity contribution in [3.63, 3.8) is 0 Å². The number of aryl methyl sites for hydroxylation is 2. The lowest BCUT2D eigenvalue weighted by Crippen LogP contribution is -2.16. The first-order valence-corrected chi connectivity index (χ1v) is 7.11. The zero-order chi connectivity index (χ0) is 12.9. The molecule has 4 heteroatoms. The second kappa shape index (κ2) is 5.74. The van der Waals surface area contributed by atoms with Gasteiger partial charge >= 0.3 is 0 Å². The van der Waals surface area contributed by atoms with Gasteiger partial charge in [0.25, 0.3) is 0 Å². The number of hydrogen-bond donors (Lipinski definition) is 0. The van der Waals surface area contributed by atoms with E-state index in [1.165, 1.54) is 5.56 Å². The first-order chi connectivity index (χ1) is 7.94. The zero-order valence-corrected chi connectivity index (χ0v) is 10.9. The van der Waals surface area contributed by atoms with E-state index in [-0.39, 0.29) is 18.1 Å². The SMILES string of the molecule is C#CCS(=O)(=O)CCOc1ccc(C)c(C)c1. The first-order valence-electron chi connectivity index (χ1n) is 5.28. The lowest BCUT2D eigenvalue weighted by Gasteiger charge is -2.08. The quantitative estimate of drug-likeness (QED) is 0.750. The Morgan fingerprint density at radius 2 is 2.00 bits per heavy atom. The van der Waals surface area contributed by atoms with Gasteiger partial charge in [-0.1, -0.05) is 12.0 Å². The Balaban J connectivity index is 2.52. The summed E-state index contributed by atoms with van der Waals surface area (Å²) in [6.07, 6.45) is 4.96. The van der Waals surface area contributed by atoms with Gasteiger partial charge in [0.05, 0.1) is 5.75 Å². The molecule has 3 nitrogen and oxygen atoms in total. The molecule has 1 aromatic carbocycles. The predicted molar refractivity (Wildman–Crippen MR) is 68.9 cm³/mol. The summed E-state index contributed by atoms with van der Waals surface area (Å²) in [5.74, 6) is 2.53. The molecule has 0 unspecified atom stereocenters. The number of sulfone groups is 1. The van der Waals surface area contributed by atoms with Gasteiger partial charge in [0.2, 0.25) is 0 Å². The average molecular weight is 252 g/mol. The van der Waals surface area contributed by atoms with E-state index < -0.39 is 9.84 Å². The summed E-state index contributed by atoms with van der Waals surface area (Å²) in [5, 5.41) is 0. The summed E-state index contributed by atoms with van der Waals surface area (Å²) in [7, 11) is -3.18. The summed E-state index contributed by atoms with van der Waals surface area (Å²) < 4.78 is 28.0. The van der Waals surface area contributed by atoms with Gasteiger partial charge in [-0.2, -0.15) is 0 Å². The highest BCUT2D eigenvalue weighted by atomic mass is 32.2. The van der Waals surface area contributed by atoms with Crippen LogP contribution in [0.15, 0.2) is 18.2 Å². The fraction of sp³-hybridized carbons (Fsp3) is 0.385. The highest BCUT2D eigenvalue weighted by molar-refractivity contribution is 7.91. The molecule has 0 saturated heterocycles. The van der Waals surface area contributed by atoms with Crippen LogP contribution in [0.25, 0.3) is 0 Å². The Labute approximate surface area is 103 Å². The van der Waals surface area contributed by atoms with Gasteiger partial charge in [0.15, 0.2) is 9.84 Å². The van der Waals surface area contributed by atoms with Crippen molar-refractivity contribution >= 4 is 9.84 Å². The van der Waals surface area contributed by atoms with Gasteiger partial charge < -0.3 is 4.74 Å². The molecular weight excluding hydrogens is 236 g/mol. The Kier molecular flexibility index (Phi) is 4.59. The van der Waals surface area contributed by atoms with E-state index in [0.717, 1.165) is 5.56 Å². The molecule has 0 saturated carbocycles. The fourth-order valence-corrected chi connectivity index (χ4v) is 2.02. The maximum absolute atomic E-state index is 11.3. The molecule has 92 valence electrons. The minimum absolute atomic E-state index is 0.0515. The molecule has 0 aliphatic rings. The van der Waals surface area contributed by atoms with Crippen molar-refractivity contribution in [1.29, 1.82) is 0 Å². The molecule has 0 aliphatic heterocycles. The van der Waals surface area contributed by atoms with Gasteiger partial charge in [-0.3, -0.25) is 0 Å². The van der Waals surface area contributed by atoms with Gasteiger partial charge in [0, 0.05) is 0 Å². The third-order valence-corrected chi connectivity index (χ3v) is 3.84. The van der Waals surface area contributed by atoms with Crippen LogP contribution in [0.1, 0.15) is 11.1 Å². The van der Waals surface area contributed by atoms with Gasteiger partial charge in [-0.15, -0.1) is 6.42 Å². The lowest BCUT2D eigenvalue weighted by molar-refractivity contribution is 0.340. The van der Waals surface area contributed by atoms with E-state index in [2.05, 4.69) is 5.92 Å². The molecule has 1 aromatic rings. The summed E-state index contributed by atoms with van der Waals surface area (Å²) in [5.41, 5.74) is 2.30. The monoisotopic (exact) mass is 252 g/mol. The van der Waals surface area contributed by atoms with Crippen molar-refractivity contribution in [3.8, 4) is 18.1 Å². The minimum Gasteiger partial charge on any atom is -0.493 e. The Morgan fingerprint density at radius 3 is 2.59 bits per heavy atom. The molecule has 0 aromatic heterocycles. The molecule has 0 amide bonds.